The highest BCUT2D eigenvalue weighted by molar-refractivity contribution is 5.95. The Morgan fingerprint density at radius 1 is 1.03 bits per heavy atom. The lowest BCUT2D eigenvalue weighted by Crippen LogP contribution is -2.54. The van der Waals surface area contributed by atoms with Crippen LogP contribution >= 0.6 is 0 Å². The van der Waals surface area contributed by atoms with E-state index in [4.69, 9.17) is 4.74 Å². The van der Waals surface area contributed by atoms with Gasteiger partial charge < -0.3 is 15.4 Å². The number of anilines is 1. The molecular weight excluding hydrogens is 368 g/mol. The molecule has 4 fully saturated rings. The molecule has 1 aromatic rings. The van der Waals surface area contributed by atoms with Crippen molar-refractivity contribution in [2.75, 3.05) is 11.9 Å². The molecule has 4 saturated carbocycles. The van der Waals surface area contributed by atoms with Gasteiger partial charge in [-0.2, -0.15) is 0 Å². The van der Waals surface area contributed by atoms with Crippen molar-refractivity contribution in [1.29, 1.82) is 0 Å². The van der Waals surface area contributed by atoms with Gasteiger partial charge in [0.2, 0.25) is 5.91 Å². The molecule has 0 spiro atoms. The second-order valence-corrected chi connectivity index (χ2v) is 9.37. The Balaban J connectivity index is 1.25. The van der Waals surface area contributed by atoms with Gasteiger partial charge in [0.25, 0.3) is 5.91 Å². The Hall–Kier alpha value is -2.37. The Labute approximate surface area is 171 Å². The van der Waals surface area contributed by atoms with Crippen LogP contribution in [0.4, 0.5) is 5.69 Å². The van der Waals surface area contributed by atoms with Crippen LogP contribution in [0.15, 0.2) is 24.3 Å². The van der Waals surface area contributed by atoms with E-state index in [-0.39, 0.29) is 17.9 Å². The molecule has 0 aromatic heterocycles. The predicted molar refractivity (Wildman–Crippen MR) is 109 cm³/mol. The average molecular weight is 399 g/mol. The molecule has 4 aliphatic rings. The predicted octanol–water partition coefficient (Wildman–Crippen LogP) is 3.20. The minimum Gasteiger partial charge on any atom is -0.451 e. The van der Waals surface area contributed by atoms with Crippen LogP contribution in [-0.4, -0.2) is 30.4 Å². The van der Waals surface area contributed by atoms with E-state index in [2.05, 4.69) is 10.6 Å². The molecule has 0 unspecified atom stereocenters. The number of nitrogens with one attached hydrogen (secondary N) is 2. The summed E-state index contributed by atoms with van der Waals surface area (Å²) >= 11 is 0. The third kappa shape index (κ3) is 4.31. The molecule has 5 rings (SSSR count). The van der Waals surface area contributed by atoms with Crippen molar-refractivity contribution in [2.24, 2.45) is 23.2 Å². The molecule has 29 heavy (non-hydrogen) atoms. The fourth-order valence-electron chi connectivity index (χ4n) is 5.90. The smallest absolute Gasteiger partial charge is 0.326 e. The topological polar surface area (TPSA) is 84.5 Å². The van der Waals surface area contributed by atoms with E-state index in [0.717, 1.165) is 24.8 Å². The lowest BCUT2D eigenvalue weighted by atomic mass is 9.49. The third-order valence-corrected chi connectivity index (χ3v) is 6.91. The maximum Gasteiger partial charge on any atom is 0.326 e. The Morgan fingerprint density at radius 3 is 2.14 bits per heavy atom. The molecule has 0 heterocycles. The van der Waals surface area contributed by atoms with Crippen LogP contribution in [0.5, 0.6) is 0 Å². The van der Waals surface area contributed by atoms with Gasteiger partial charge >= 0.3 is 5.97 Å². The van der Waals surface area contributed by atoms with Crippen LogP contribution < -0.4 is 10.6 Å². The van der Waals surface area contributed by atoms with Crippen molar-refractivity contribution in [3.8, 4) is 0 Å². The van der Waals surface area contributed by atoms with Crippen molar-refractivity contribution in [3.63, 3.8) is 0 Å². The zero-order chi connectivity index (χ0) is 20.6. The van der Waals surface area contributed by atoms with E-state index in [0.29, 0.717) is 23.4 Å². The second-order valence-electron chi connectivity index (χ2n) is 9.37. The number of benzene rings is 1. The Bertz CT molecular complexity index is 766. The summed E-state index contributed by atoms with van der Waals surface area (Å²) < 4.78 is 5.21. The van der Waals surface area contributed by atoms with Gasteiger partial charge in [-0.05, 0) is 82.3 Å². The first-order valence-electron chi connectivity index (χ1n) is 10.7. The molecule has 0 radical (unpaired) electrons. The summed E-state index contributed by atoms with van der Waals surface area (Å²) in [4.78, 5) is 37.3. The maximum absolute atomic E-state index is 12.9. The van der Waals surface area contributed by atoms with Gasteiger partial charge in [-0.3, -0.25) is 14.4 Å². The first-order chi connectivity index (χ1) is 13.8. The lowest BCUT2D eigenvalue weighted by Gasteiger charge is -2.55. The fourth-order valence-corrected chi connectivity index (χ4v) is 5.90. The molecule has 6 nitrogen and oxygen atoms in total. The van der Waals surface area contributed by atoms with E-state index in [1.807, 2.05) is 19.1 Å². The van der Waals surface area contributed by atoms with E-state index in [1.165, 1.54) is 26.2 Å². The molecule has 1 aromatic carbocycles. The standard InChI is InChI=1S/C23H30N2O4/c1-14-3-5-19(6-4-14)25-21(27)15(2)29-20(26)13-24-22(28)23-10-16-7-17(11-23)9-18(8-16)12-23/h3-6,15-18H,7-13H2,1-2H3,(H,24,28)(H,25,27)/t15-,16?,17?,18?,23?/m1/s1. The van der Waals surface area contributed by atoms with Crippen LogP contribution in [-0.2, 0) is 19.1 Å². The number of rotatable bonds is 6. The average Bonchev–Trinajstić information content (AvgIpc) is 2.66. The van der Waals surface area contributed by atoms with Gasteiger partial charge in [-0.15, -0.1) is 0 Å². The van der Waals surface area contributed by atoms with E-state index >= 15 is 0 Å². The molecule has 4 bridgehead atoms. The largest absolute Gasteiger partial charge is 0.451 e. The van der Waals surface area contributed by atoms with E-state index < -0.39 is 18.0 Å². The summed E-state index contributed by atoms with van der Waals surface area (Å²) in [5, 5.41) is 5.52. The highest BCUT2D eigenvalue weighted by Crippen LogP contribution is 2.60. The summed E-state index contributed by atoms with van der Waals surface area (Å²) in [6.07, 6.45) is 5.73. The Kier molecular flexibility index (Phi) is 5.36. The summed E-state index contributed by atoms with van der Waals surface area (Å²) in [6, 6.07) is 7.39. The third-order valence-electron chi connectivity index (χ3n) is 6.91. The number of hydrogen-bond donors (Lipinski definition) is 2. The van der Waals surface area contributed by atoms with Crippen LogP contribution in [0.25, 0.3) is 0 Å². The van der Waals surface area contributed by atoms with Crippen LogP contribution in [0, 0.1) is 30.1 Å². The number of carbonyl (C=O) groups is 3. The molecule has 0 saturated heterocycles. The monoisotopic (exact) mass is 398 g/mol. The SMILES string of the molecule is Cc1ccc(NC(=O)[C@@H](C)OC(=O)CNC(=O)C23CC4CC(CC(C4)C2)C3)cc1. The molecule has 0 aliphatic heterocycles. The molecule has 6 heteroatoms. The molecular formula is C23H30N2O4. The van der Waals surface area contributed by atoms with Crippen molar-refractivity contribution < 1.29 is 19.1 Å². The minimum atomic E-state index is -0.930. The quantitative estimate of drug-likeness (QED) is 0.721. The second kappa shape index (κ2) is 7.81. The van der Waals surface area contributed by atoms with E-state index in [9.17, 15) is 14.4 Å². The van der Waals surface area contributed by atoms with Gasteiger partial charge in [0.15, 0.2) is 6.10 Å². The van der Waals surface area contributed by atoms with Gasteiger partial charge in [0.1, 0.15) is 6.54 Å². The zero-order valence-electron chi connectivity index (χ0n) is 17.2. The number of ether oxygens (including phenoxy) is 1. The molecule has 2 amide bonds. The number of hydrogen-bond acceptors (Lipinski definition) is 4. The summed E-state index contributed by atoms with van der Waals surface area (Å²) in [5.41, 5.74) is 1.46. The maximum atomic E-state index is 12.9. The number of aryl methyl sites for hydroxylation is 1. The zero-order valence-corrected chi connectivity index (χ0v) is 17.2. The Morgan fingerprint density at radius 2 is 1.59 bits per heavy atom. The van der Waals surface area contributed by atoms with Crippen molar-refractivity contribution in [2.45, 2.75) is 58.5 Å². The fraction of sp³-hybridized carbons (Fsp3) is 0.609. The van der Waals surface area contributed by atoms with Gasteiger partial charge in [-0.25, -0.2) is 0 Å². The molecule has 4 aliphatic carbocycles. The first kappa shape index (κ1) is 19.9. The number of carbonyl (C=O) groups excluding carboxylic acids is 3. The summed E-state index contributed by atoms with van der Waals surface area (Å²) in [6.45, 7) is 3.30. The first-order valence-corrected chi connectivity index (χ1v) is 10.7. The van der Waals surface area contributed by atoms with Crippen molar-refractivity contribution in [3.05, 3.63) is 29.8 Å². The normalized spacial score (nSPS) is 30.5. The summed E-state index contributed by atoms with van der Waals surface area (Å²) in [7, 11) is 0. The molecule has 1 atom stereocenters. The highest BCUT2D eigenvalue weighted by Gasteiger charge is 2.54. The van der Waals surface area contributed by atoms with Crippen LogP contribution in [0.1, 0.15) is 51.0 Å². The highest BCUT2D eigenvalue weighted by atomic mass is 16.5. The van der Waals surface area contributed by atoms with Gasteiger partial charge in [-0.1, -0.05) is 17.7 Å². The van der Waals surface area contributed by atoms with E-state index in [1.54, 1.807) is 12.1 Å². The molecule has 2 N–H and O–H groups in total. The number of amides is 2. The van der Waals surface area contributed by atoms with Crippen molar-refractivity contribution >= 4 is 23.5 Å². The van der Waals surface area contributed by atoms with Crippen LogP contribution in [0.3, 0.4) is 0 Å². The van der Waals surface area contributed by atoms with Gasteiger partial charge in [0, 0.05) is 11.1 Å². The molecule has 156 valence electrons. The summed E-state index contributed by atoms with van der Waals surface area (Å²) in [5.74, 6) is 1.02. The lowest BCUT2D eigenvalue weighted by molar-refractivity contribution is -0.155. The van der Waals surface area contributed by atoms with Gasteiger partial charge in [0.05, 0.1) is 0 Å². The van der Waals surface area contributed by atoms with Crippen LogP contribution in [0.2, 0.25) is 0 Å². The van der Waals surface area contributed by atoms with Crippen molar-refractivity contribution in [1.82, 2.24) is 5.32 Å². The number of esters is 1. The minimum absolute atomic E-state index is 0.00897.